The molecule has 0 amide bonds. The van der Waals surface area contributed by atoms with Crippen LogP contribution >= 0.6 is 0 Å². The average Bonchev–Trinajstić information content (AvgIpc) is 3.01. The Labute approximate surface area is 150 Å². The fraction of sp³-hybridized carbons (Fsp3) is 0.125. The monoisotopic (exact) mass is 367 g/mol. The SMILES string of the molecule is Nc1nc(N)nc(COC(=O)Cn2cnc3c(oc4ccccc43)c2=O)n1. The number of hydrogen-bond donors (Lipinski definition) is 2. The summed E-state index contributed by atoms with van der Waals surface area (Å²) in [5.74, 6) is -0.743. The topological polar surface area (TPSA) is 165 Å². The quantitative estimate of drug-likeness (QED) is 0.477. The second kappa shape index (κ2) is 6.37. The van der Waals surface area contributed by atoms with Gasteiger partial charge in [-0.25, -0.2) is 4.98 Å². The molecule has 0 radical (unpaired) electrons. The van der Waals surface area contributed by atoms with E-state index < -0.39 is 11.5 Å². The standard InChI is InChI=1S/C16H13N7O4/c17-15-20-10(21-16(18)22-15)6-26-11(24)5-23-7-19-12-8-3-1-2-4-9(8)27-13(12)14(23)25/h1-4,7H,5-6H2,(H4,17,18,20,21,22). The van der Waals surface area contributed by atoms with E-state index in [9.17, 15) is 9.59 Å². The lowest BCUT2D eigenvalue weighted by atomic mass is 10.2. The number of benzene rings is 1. The van der Waals surface area contributed by atoms with Crippen molar-refractivity contribution in [3.8, 4) is 0 Å². The van der Waals surface area contributed by atoms with Gasteiger partial charge in [0, 0.05) is 5.39 Å². The minimum Gasteiger partial charge on any atom is -0.456 e. The highest BCUT2D eigenvalue weighted by atomic mass is 16.5. The molecule has 0 aliphatic carbocycles. The van der Waals surface area contributed by atoms with Gasteiger partial charge < -0.3 is 20.6 Å². The average molecular weight is 367 g/mol. The molecule has 1 aromatic carbocycles. The van der Waals surface area contributed by atoms with Crippen molar-refractivity contribution in [3.63, 3.8) is 0 Å². The van der Waals surface area contributed by atoms with Gasteiger partial charge >= 0.3 is 5.97 Å². The Morgan fingerprint density at radius 2 is 1.89 bits per heavy atom. The van der Waals surface area contributed by atoms with Crippen LogP contribution in [-0.2, 0) is 22.7 Å². The molecule has 11 nitrogen and oxygen atoms in total. The summed E-state index contributed by atoms with van der Waals surface area (Å²) in [5, 5.41) is 0.726. The van der Waals surface area contributed by atoms with Crippen LogP contribution in [0.4, 0.5) is 11.9 Å². The van der Waals surface area contributed by atoms with E-state index in [4.69, 9.17) is 20.6 Å². The molecule has 0 bridgehead atoms. The number of hydrogen-bond acceptors (Lipinski definition) is 10. The first-order valence-corrected chi connectivity index (χ1v) is 7.79. The van der Waals surface area contributed by atoms with E-state index in [2.05, 4.69) is 19.9 Å². The first-order valence-electron chi connectivity index (χ1n) is 7.79. The fourth-order valence-electron chi connectivity index (χ4n) is 2.58. The Hall–Kier alpha value is -4.02. The second-order valence-electron chi connectivity index (χ2n) is 5.58. The molecular weight excluding hydrogens is 354 g/mol. The third-order valence-electron chi connectivity index (χ3n) is 3.73. The van der Waals surface area contributed by atoms with Crippen LogP contribution in [0.25, 0.3) is 22.1 Å². The predicted molar refractivity (Wildman–Crippen MR) is 94.2 cm³/mol. The number of nitrogens with zero attached hydrogens (tertiary/aromatic N) is 5. The molecular formula is C16H13N7O4. The zero-order valence-electron chi connectivity index (χ0n) is 13.8. The van der Waals surface area contributed by atoms with Gasteiger partial charge in [0.15, 0.2) is 12.4 Å². The van der Waals surface area contributed by atoms with Crippen LogP contribution in [0.15, 0.2) is 39.8 Å². The van der Waals surface area contributed by atoms with Crippen LogP contribution < -0.4 is 17.0 Å². The molecule has 0 saturated heterocycles. The molecule has 0 saturated carbocycles. The number of ether oxygens (including phenoxy) is 1. The van der Waals surface area contributed by atoms with Gasteiger partial charge in [0.1, 0.15) is 17.6 Å². The highest BCUT2D eigenvalue weighted by Gasteiger charge is 2.15. The summed E-state index contributed by atoms with van der Waals surface area (Å²) in [5.41, 5.74) is 11.5. The van der Waals surface area contributed by atoms with Crippen molar-refractivity contribution >= 4 is 39.9 Å². The number of carbonyl (C=O) groups is 1. The normalized spacial score (nSPS) is 11.1. The molecule has 0 aliphatic heterocycles. The number of aromatic nitrogens is 5. The van der Waals surface area contributed by atoms with Gasteiger partial charge in [-0.2, -0.15) is 15.0 Å². The molecule has 27 heavy (non-hydrogen) atoms. The molecule has 0 aliphatic rings. The highest BCUT2D eigenvalue weighted by molar-refractivity contribution is 6.01. The van der Waals surface area contributed by atoms with Gasteiger partial charge in [0.25, 0.3) is 5.56 Å². The number of anilines is 2. The molecule has 0 spiro atoms. The van der Waals surface area contributed by atoms with E-state index in [1.165, 1.54) is 6.33 Å². The molecule has 0 unspecified atom stereocenters. The predicted octanol–water partition coefficient (Wildman–Crippen LogP) is 0.235. The molecule has 3 heterocycles. The van der Waals surface area contributed by atoms with Crippen molar-refractivity contribution in [2.75, 3.05) is 11.5 Å². The minimum atomic E-state index is -0.688. The van der Waals surface area contributed by atoms with Crippen LogP contribution in [0, 0.1) is 0 Å². The largest absolute Gasteiger partial charge is 0.456 e. The third kappa shape index (κ3) is 3.13. The maximum atomic E-state index is 12.6. The van der Waals surface area contributed by atoms with Crippen molar-refractivity contribution < 1.29 is 13.9 Å². The van der Waals surface area contributed by atoms with Gasteiger partial charge in [-0.3, -0.25) is 14.2 Å². The Balaban J connectivity index is 1.54. The number of rotatable bonds is 4. The summed E-state index contributed by atoms with van der Waals surface area (Å²) >= 11 is 0. The number of nitrogen functional groups attached to an aromatic ring is 2. The van der Waals surface area contributed by atoms with E-state index in [0.29, 0.717) is 11.1 Å². The Morgan fingerprint density at radius 1 is 1.15 bits per heavy atom. The first kappa shape index (κ1) is 16.4. The van der Waals surface area contributed by atoms with E-state index in [1.807, 2.05) is 6.07 Å². The fourth-order valence-corrected chi connectivity index (χ4v) is 2.58. The highest BCUT2D eigenvalue weighted by Crippen LogP contribution is 2.23. The van der Waals surface area contributed by atoms with Gasteiger partial charge in [-0.15, -0.1) is 0 Å². The smallest absolute Gasteiger partial charge is 0.326 e. The lowest BCUT2D eigenvalue weighted by Gasteiger charge is -2.06. The maximum Gasteiger partial charge on any atom is 0.326 e. The van der Waals surface area contributed by atoms with E-state index in [-0.39, 0.29) is 36.5 Å². The Morgan fingerprint density at radius 3 is 2.67 bits per heavy atom. The number of para-hydroxylation sites is 1. The van der Waals surface area contributed by atoms with E-state index >= 15 is 0 Å². The molecule has 4 N–H and O–H groups in total. The number of carbonyl (C=O) groups excluding carboxylic acids is 1. The second-order valence-corrected chi connectivity index (χ2v) is 5.58. The summed E-state index contributed by atoms with van der Waals surface area (Å²) in [4.78, 5) is 40.0. The zero-order chi connectivity index (χ0) is 19.0. The zero-order valence-corrected chi connectivity index (χ0v) is 13.8. The van der Waals surface area contributed by atoms with Crippen LogP contribution in [0.5, 0.6) is 0 Å². The van der Waals surface area contributed by atoms with Gasteiger partial charge in [-0.1, -0.05) is 12.1 Å². The number of fused-ring (bicyclic) bond motifs is 3. The molecule has 136 valence electrons. The van der Waals surface area contributed by atoms with Crippen LogP contribution in [0.1, 0.15) is 5.82 Å². The van der Waals surface area contributed by atoms with E-state index in [0.717, 1.165) is 9.95 Å². The first-order chi connectivity index (χ1) is 13.0. The molecule has 11 heteroatoms. The molecule has 4 rings (SSSR count). The molecule has 4 aromatic rings. The Kier molecular flexibility index (Phi) is 3.88. The van der Waals surface area contributed by atoms with Gasteiger partial charge in [0.05, 0.1) is 6.33 Å². The van der Waals surface area contributed by atoms with Crippen molar-refractivity contribution in [3.05, 3.63) is 46.8 Å². The van der Waals surface area contributed by atoms with Crippen LogP contribution in [0.3, 0.4) is 0 Å². The molecule has 0 fully saturated rings. The summed E-state index contributed by atoms with van der Waals surface area (Å²) in [6.07, 6.45) is 1.27. The van der Waals surface area contributed by atoms with Crippen molar-refractivity contribution in [1.82, 2.24) is 24.5 Å². The van der Waals surface area contributed by atoms with Gasteiger partial charge in [-0.05, 0) is 12.1 Å². The van der Waals surface area contributed by atoms with Crippen molar-refractivity contribution in [1.29, 1.82) is 0 Å². The molecule has 0 atom stereocenters. The van der Waals surface area contributed by atoms with E-state index in [1.54, 1.807) is 18.2 Å². The lowest BCUT2D eigenvalue weighted by molar-refractivity contribution is -0.146. The third-order valence-corrected chi connectivity index (χ3v) is 3.73. The van der Waals surface area contributed by atoms with Crippen molar-refractivity contribution in [2.45, 2.75) is 13.2 Å². The van der Waals surface area contributed by atoms with Gasteiger partial charge in [0.2, 0.25) is 17.5 Å². The number of nitrogens with two attached hydrogens (primary N) is 2. The summed E-state index contributed by atoms with van der Waals surface area (Å²) in [6, 6.07) is 7.16. The summed E-state index contributed by atoms with van der Waals surface area (Å²) < 4.78 is 11.7. The minimum absolute atomic E-state index is 0.0736. The number of esters is 1. The summed E-state index contributed by atoms with van der Waals surface area (Å²) in [6.45, 7) is -0.611. The molecule has 3 aromatic heterocycles. The number of furan rings is 1. The lowest BCUT2D eigenvalue weighted by Crippen LogP contribution is -2.25. The maximum absolute atomic E-state index is 12.6. The van der Waals surface area contributed by atoms with Crippen LogP contribution in [-0.4, -0.2) is 30.5 Å². The summed E-state index contributed by atoms with van der Waals surface area (Å²) in [7, 11) is 0. The Bertz CT molecular complexity index is 1210. The van der Waals surface area contributed by atoms with Crippen LogP contribution in [0.2, 0.25) is 0 Å². The van der Waals surface area contributed by atoms with Crippen molar-refractivity contribution in [2.24, 2.45) is 0 Å².